The Kier molecular flexibility index (Phi) is 4.34. The zero-order chi connectivity index (χ0) is 13.1. The van der Waals surface area contributed by atoms with Crippen LogP contribution in [0.15, 0.2) is 0 Å². The molecular weight excluding hydrogens is 256 g/mol. The lowest BCUT2D eigenvalue weighted by molar-refractivity contribution is -0.140. The van der Waals surface area contributed by atoms with E-state index in [9.17, 15) is 9.59 Å². The van der Waals surface area contributed by atoms with Gasteiger partial charge in [0, 0.05) is 31.9 Å². The van der Waals surface area contributed by atoms with Gasteiger partial charge >= 0.3 is 12.0 Å². The van der Waals surface area contributed by atoms with Crippen LogP contribution in [0.25, 0.3) is 0 Å². The average molecular weight is 274 g/mol. The molecule has 1 N–H and O–H groups in total. The molecule has 2 heterocycles. The lowest BCUT2D eigenvalue weighted by Crippen LogP contribution is -2.48. The summed E-state index contributed by atoms with van der Waals surface area (Å²) < 4.78 is 5.09. The van der Waals surface area contributed by atoms with Gasteiger partial charge in [0.2, 0.25) is 0 Å². The van der Waals surface area contributed by atoms with E-state index in [1.165, 1.54) is 16.7 Å². The number of amides is 2. The van der Waals surface area contributed by atoms with Gasteiger partial charge in [0.1, 0.15) is 6.04 Å². The van der Waals surface area contributed by atoms with Gasteiger partial charge < -0.3 is 19.6 Å². The van der Waals surface area contributed by atoms with Gasteiger partial charge in [-0.25, -0.2) is 9.59 Å². The molecule has 2 saturated heterocycles. The van der Waals surface area contributed by atoms with Crippen LogP contribution in [-0.2, 0) is 9.53 Å². The molecule has 2 aliphatic heterocycles. The van der Waals surface area contributed by atoms with Crippen molar-refractivity contribution < 1.29 is 19.4 Å². The Morgan fingerprint density at radius 1 is 1.50 bits per heavy atom. The van der Waals surface area contributed by atoms with Crippen molar-refractivity contribution in [1.29, 1.82) is 0 Å². The maximum Gasteiger partial charge on any atom is 0.327 e. The Balaban J connectivity index is 1.93. The fourth-order valence-electron chi connectivity index (χ4n) is 2.40. The normalized spacial score (nSPS) is 27.8. The molecule has 2 rings (SSSR count). The molecule has 18 heavy (non-hydrogen) atoms. The second-order valence-electron chi connectivity index (χ2n) is 4.66. The summed E-state index contributed by atoms with van der Waals surface area (Å²) in [5.41, 5.74) is 0. The average Bonchev–Trinajstić information content (AvgIpc) is 2.96. The first-order valence-corrected chi connectivity index (χ1v) is 7.14. The Labute approximate surface area is 110 Å². The quantitative estimate of drug-likeness (QED) is 0.813. The summed E-state index contributed by atoms with van der Waals surface area (Å²) in [6.07, 6.45) is 0.929. The van der Waals surface area contributed by atoms with Crippen LogP contribution >= 0.6 is 11.8 Å². The zero-order valence-corrected chi connectivity index (χ0v) is 11.2. The molecule has 0 bridgehead atoms. The fraction of sp³-hybridized carbons (Fsp3) is 0.818. The zero-order valence-electron chi connectivity index (χ0n) is 10.4. The number of thioether (sulfide) groups is 1. The van der Waals surface area contributed by atoms with Crippen LogP contribution in [-0.4, -0.2) is 71.4 Å². The predicted octanol–water partition coefficient (Wildman–Crippen LogP) is 0.534. The Bertz CT molecular complexity index is 339. The van der Waals surface area contributed by atoms with E-state index >= 15 is 0 Å². The lowest BCUT2D eigenvalue weighted by atomic mass is 10.1. The first-order valence-electron chi connectivity index (χ1n) is 5.98. The number of hydrogen-bond donors (Lipinski definition) is 1. The van der Waals surface area contributed by atoms with Gasteiger partial charge in [-0.15, -0.1) is 11.8 Å². The van der Waals surface area contributed by atoms with Crippen LogP contribution in [0, 0.1) is 5.92 Å². The van der Waals surface area contributed by atoms with Gasteiger partial charge in [-0.2, -0.15) is 0 Å². The van der Waals surface area contributed by atoms with Crippen molar-refractivity contribution in [1.82, 2.24) is 9.80 Å². The molecule has 0 aromatic rings. The van der Waals surface area contributed by atoms with Gasteiger partial charge in [-0.1, -0.05) is 0 Å². The molecule has 0 aromatic heterocycles. The third-order valence-electron chi connectivity index (χ3n) is 3.37. The second-order valence-corrected chi connectivity index (χ2v) is 5.66. The molecule has 6 nitrogen and oxygen atoms in total. The van der Waals surface area contributed by atoms with Crippen LogP contribution in [0.1, 0.15) is 6.42 Å². The minimum absolute atomic E-state index is 0.147. The maximum atomic E-state index is 12.2. The van der Waals surface area contributed by atoms with Gasteiger partial charge in [-0.05, 0) is 6.42 Å². The number of nitrogens with zero attached hydrogens (tertiary/aromatic N) is 2. The van der Waals surface area contributed by atoms with Crippen molar-refractivity contribution in [2.24, 2.45) is 5.92 Å². The summed E-state index contributed by atoms with van der Waals surface area (Å²) in [5.74, 6) is 0.413. The number of carboxylic acids is 1. The number of aliphatic carboxylic acids is 1. The number of hydrogen-bond acceptors (Lipinski definition) is 4. The SMILES string of the molecule is COCC1CCN(C(=O)N2CSCC2C(=O)O)C1. The van der Waals surface area contributed by atoms with Crippen LogP contribution in [0.2, 0.25) is 0 Å². The highest BCUT2D eigenvalue weighted by Crippen LogP contribution is 2.25. The van der Waals surface area contributed by atoms with Crippen molar-refractivity contribution in [2.75, 3.05) is 38.4 Å². The summed E-state index contributed by atoms with van der Waals surface area (Å²) >= 11 is 1.49. The highest BCUT2D eigenvalue weighted by molar-refractivity contribution is 7.99. The summed E-state index contributed by atoms with van der Waals surface area (Å²) in [4.78, 5) is 26.5. The van der Waals surface area contributed by atoms with Crippen molar-refractivity contribution >= 4 is 23.8 Å². The highest BCUT2D eigenvalue weighted by Gasteiger charge is 2.38. The molecule has 102 valence electrons. The summed E-state index contributed by atoms with van der Waals surface area (Å²) in [6.45, 7) is 2.02. The Morgan fingerprint density at radius 2 is 2.28 bits per heavy atom. The largest absolute Gasteiger partial charge is 0.480 e. The standard InChI is InChI=1S/C11H18N2O4S/c1-17-5-8-2-3-12(4-8)11(16)13-7-18-6-9(13)10(14)15/h8-9H,2-7H2,1H3,(H,14,15). The maximum absolute atomic E-state index is 12.2. The first kappa shape index (κ1) is 13.5. The van der Waals surface area contributed by atoms with Gasteiger partial charge in [0.05, 0.1) is 12.5 Å². The molecule has 7 heteroatoms. The molecule has 2 unspecified atom stereocenters. The number of carboxylic acid groups (broad SMARTS) is 1. The molecule has 2 amide bonds. The monoisotopic (exact) mass is 274 g/mol. The topological polar surface area (TPSA) is 70.1 Å². The van der Waals surface area contributed by atoms with Crippen molar-refractivity contribution in [3.8, 4) is 0 Å². The van der Waals surface area contributed by atoms with E-state index in [0.29, 0.717) is 37.2 Å². The number of ether oxygens (including phenoxy) is 1. The van der Waals surface area contributed by atoms with E-state index in [0.717, 1.165) is 6.42 Å². The molecule has 0 saturated carbocycles. The highest BCUT2D eigenvalue weighted by atomic mass is 32.2. The predicted molar refractivity (Wildman–Crippen MR) is 67.5 cm³/mol. The van der Waals surface area contributed by atoms with Gasteiger partial charge in [0.15, 0.2) is 0 Å². The number of urea groups is 1. The van der Waals surface area contributed by atoms with Crippen molar-refractivity contribution in [2.45, 2.75) is 12.5 Å². The van der Waals surface area contributed by atoms with Crippen LogP contribution < -0.4 is 0 Å². The number of likely N-dealkylation sites (tertiary alicyclic amines) is 1. The van der Waals surface area contributed by atoms with Gasteiger partial charge in [0.25, 0.3) is 0 Å². The summed E-state index contributed by atoms with van der Waals surface area (Å²) in [7, 11) is 1.65. The molecule has 0 spiro atoms. The Morgan fingerprint density at radius 3 is 2.94 bits per heavy atom. The molecule has 2 atom stereocenters. The first-order chi connectivity index (χ1) is 8.63. The van der Waals surface area contributed by atoms with E-state index in [-0.39, 0.29) is 6.03 Å². The number of carbonyl (C=O) groups is 2. The van der Waals surface area contributed by atoms with Crippen LogP contribution in [0.3, 0.4) is 0 Å². The third kappa shape index (κ3) is 2.72. The molecule has 0 radical (unpaired) electrons. The molecular formula is C11H18N2O4S. The van der Waals surface area contributed by atoms with Crippen LogP contribution in [0.5, 0.6) is 0 Å². The minimum atomic E-state index is -0.916. The van der Waals surface area contributed by atoms with Crippen molar-refractivity contribution in [3.05, 3.63) is 0 Å². The molecule has 0 aliphatic carbocycles. The Hall–Kier alpha value is -0.950. The van der Waals surface area contributed by atoms with E-state index in [1.807, 2.05) is 0 Å². The molecule has 0 aromatic carbocycles. The van der Waals surface area contributed by atoms with E-state index in [1.54, 1.807) is 12.0 Å². The lowest BCUT2D eigenvalue weighted by Gasteiger charge is -2.26. The third-order valence-corrected chi connectivity index (χ3v) is 4.38. The van der Waals surface area contributed by atoms with E-state index < -0.39 is 12.0 Å². The van der Waals surface area contributed by atoms with E-state index in [2.05, 4.69) is 0 Å². The second kappa shape index (κ2) is 5.79. The van der Waals surface area contributed by atoms with Crippen LogP contribution in [0.4, 0.5) is 4.79 Å². The number of methoxy groups -OCH3 is 1. The number of rotatable bonds is 3. The molecule has 2 fully saturated rings. The number of carbonyl (C=O) groups excluding carboxylic acids is 1. The minimum Gasteiger partial charge on any atom is -0.480 e. The molecule has 2 aliphatic rings. The summed E-state index contributed by atoms with van der Waals surface area (Å²) in [5, 5.41) is 9.07. The van der Waals surface area contributed by atoms with E-state index in [4.69, 9.17) is 9.84 Å². The van der Waals surface area contributed by atoms with Gasteiger partial charge in [-0.3, -0.25) is 0 Å². The van der Waals surface area contributed by atoms with Crippen molar-refractivity contribution in [3.63, 3.8) is 0 Å². The fourth-order valence-corrected chi connectivity index (χ4v) is 3.53. The smallest absolute Gasteiger partial charge is 0.327 e. The summed E-state index contributed by atoms with van der Waals surface area (Å²) in [6, 6.07) is -0.824.